The Morgan fingerprint density at radius 2 is 2.10 bits per heavy atom. The number of ether oxygens (including phenoxy) is 1. The van der Waals surface area contributed by atoms with Gasteiger partial charge in [0.05, 0.1) is 12.1 Å². The lowest BCUT2D eigenvalue weighted by molar-refractivity contribution is -0.117. The maximum atomic E-state index is 11.8. The number of carbonyl (C=O) groups excluding carboxylic acids is 1. The number of methoxy groups -OCH3 is 1. The van der Waals surface area contributed by atoms with E-state index in [0.717, 1.165) is 18.4 Å². The normalized spacial score (nSPS) is 16.3. The van der Waals surface area contributed by atoms with E-state index in [9.17, 15) is 4.79 Å². The average Bonchev–Trinajstić information content (AvgIpc) is 2.46. The Morgan fingerprint density at radius 3 is 2.75 bits per heavy atom. The molecule has 2 rings (SSSR count). The number of hydrogen-bond acceptors (Lipinski definition) is 2. The Balaban J connectivity index is 1.91. The van der Waals surface area contributed by atoms with E-state index in [1.165, 1.54) is 19.3 Å². The molecule has 1 aromatic rings. The fraction of sp³-hybridized carbons (Fsp3) is 0.438. The van der Waals surface area contributed by atoms with Crippen molar-refractivity contribution in [2.75, 3.05) is 7.11 Å². The van der Waals surface area contributed by atoms with Crippen molar-refractivity contribution in [1.29, 1.82) is 0 Å². The first kappa shape index (κ1) is 14.9. The summed E-state index contributed by atoms with van der Waals surface area (Å²) in [5, 5.41) is 3.59. The molecule has 1 aliphatic carbocycles. The zero-order valence-electron chi connectivity index (χ0n) is 11.7. The van der Waals surface area contributed by atoms with Crippen molar-refractivity contribution in [3.8, 4) is 5.75 Å². The molecule has 0 saturated heterocycles. The lowest BCUT2D eigenvalue weighted by Crippen LogP contribution is -2.34. The molecule has 0 radical (unpaired) electrons. The molecule has 1 amide bonds. The van der Waals surface area contributed by atoms with E-state index in [2.05, 4.69) is 5.32 Å². The highest BCUT2D eigenvalue weighted by atomic mass is 35.5. The predicted molar refractivity (Wildman–Crippen MR) is 82.1 cm³/mol. The van der Waals surface area contributed by atoms with Gasteiger partial charge in [-0.2, -0.15) is 0 Å². The summed E-state index contributed by atoms with van der Waals surface area (Å²) in [6.07, 6.45) is 9.22. The van der Waals surface area contributed by atoms with E-state index in [4.69, 9.17) is 16.3 Å². The maximum Gasteiger partial charge on any atom is 0.244 e. The van der Waals surface area contributed by atoms with Gasteiger partial charge in [0.1, 0.15) is 5.75 Å². The third kappa shape index (κ3) is 4.27. The third-order valence-corrected chi connectivity index (χ3v) is 3.85. The fourth-order valence-corrected chi connectivity index (χ4v) is 2.72. The lowest BCUT2D eigenvalue weighted by Gasteiger charge is -2.21. The first-order valence-electron chi connectivity index (χ1n) is 7.01. The lowest BCUT2D eigenvalue weighted by atomic mass is 9.95. The first-order valence-corrected chi connectivity index (χ1v) is 7.39. The van der Waals surface area contributed by atoms with Crippen LogP contribution >= 0.6 is 11.6 Å². The molecule has 3 nitrogen and oxygen atoms in total. The minimum Gasteiger partial charge on any atom is -0.495 e. The van der Waals surface area contributed by atoms with Crippen LogP contribution in [0.1, 0.15) is 37.7 Å². The van der Waals surface area contributed by atoms with Crippen LogP contribution in [0.2, 0.25) is 5.02 Å². The molecule has 108 valence electrons. The summed E-state index contributed by atoms with van der Waals surface area (Å²) < 4.78 is 5.09. The van der Waals surface area contributed by atoms with E-state index >= 15 is 0 Å². The van der Waals surface area contributed by atoms with Crippen LogP contribution in [0, 0.1) is 0 Å². The Morgan fingerprint density at radius 1 is 1.35 bits per heavy atom. The van der Waals surface area contributed by atoms with Crippen molar-refractivity contribution in [2.45, 2.75) is 38.1 Å². The van der Waals surface area contributed by atoms with Gasteiger partial charge in [0, 0.05) is 12.1 Å². The summed E-state index contributed by atoms with van der Waals surface area (Å²) in [6, 6.07) is 5.78. The highest BCUT2D eigenvalue weighted by molar-refractivity contribution is 6.32. The molecule has 0 unspecified atom stereocenters. The van der Waals surface area contributed by atoms with Crippen LogP contribution in [0.25, 0.3) is 6.08 Å². The topological polar surface area (TPSA) is 38.3 Å². The Hall–Kier alpha value is -1.48. The number of benzene rings is 1. The molecule has 0 bridgehead atoms. The summed E-state index contributed by atoms with van der Waals surface area (Å²) in [5.74, 6) is 0.597. The molecule has 1 fully saturated rings. The van der Waals surface area contributed by atoms with E-state index in [1.54, 1.807) is 31.4 Å². The number of halogens is 1. The molecule has 1 aromatic carbocycles. The van der Waals surface area contributed by atoms with Crippen LogP contribution in [0.15, 0.2) is 24.3 Å². The molecular weight excluding hydrogens is 274 g/mol. The number of amides is 1. The van der Waals surface area contributed by atoms with Gasteiger partial charge < -0.3 is 10.1 Å². The molecule has 4 heteroatoms. The Kier molecular flexibility index (Phi) is 5.48. The molecule has 1 N–H and O–H groups in total. The van der Waals surface area contributed by atoms with Gasteiger partial charge in [0.15, 0.2) is 0 Å². The zero-order valence-corrected chi connectivity index (χ0v) is 12.5. The molecule has 0 spiro atoms. The number of nitrogens with one attached hydrogen (secondary N) is 1. The summed E-state index contributed by atoms with van der Waals surface area (Å²) >= 11 is 6.04. The largest absolute Gasteiger partial charge is 0.495 e. The van der Waals surface area contributed by atoms with Crippen LogP contribution < -0.4 is 10.1 Å². The van der Waals surface area contributed by atoms with E-state index in [-0.39, 0.29) is 5.91 Å². The molecule has 1 aliphatic rings. The second-order valence-electron chi connectivity index (χ2n) is 5.07. The van der Waals surface area contributed by atoms with Gasteiger partial charge in [-0.05, 0) is 36.6 Å². The average molecular weight is 294 g/mol. The molecule has 0 atom stereocenters. The van der Waals surface area contributed by atoms with Gasteiger partial charge in [-0.1, -0.05) is 36.9 Å². The quantitative estimate of drug-likeness (QED) is 0.857. The van der Waals surface area contributed by atoms with E-state index in [0.29, 0.717) is 16.8 Å². The summed E-state index contributed by atoms with van der Waals surface area (Å²) in [4.78, 5) is 11.8. The highest BCUT2D eigenvalue weighted by Gasteiger charge is 2.14. The van der Waals surface area contributed by atoms with Gasteiger partial charge in [0.25, 0.3) is 0 Å². The Bertz CT molecular complexity index is 493. The minimum absolute atomic E-state index is 0.0381. The third-order valence-electron chi connectivity index (χ3n) is 3.55. The first-order chi connectivity index (χ1) is 9.69. The maximum absolute atomic E-state index is 11.8. The van der Waals surface area contributed by atoms with Gasteiger partial charge >= 0.3 is 0 Å². The fourth-order valence-electron chi connectivity index (χ4n) is 2.45. The predicted octanol–water partition coefficient (Wildman–Crippen LogP) is 3.81. The summed E-state index contributed by atoms with van der Waals surface area (Å²) in [6.45, 7) is 0. The van der Waals surface area contributed by atoms with Gasteiger partial charge in [-0.3, -0.25) is 4.79 Å². The van der Waals surface area contributed by atoms with Crippen molar-refractivity contribution < 1.29 is 9.53 Å². The van der Waals surface area contributed by atoms with Crippen LogP contribution in [0.4, 0.5) is 0 Å². The van der Waals surface area contributed by atoms with Crippen LogP contribution in [-0.4, -0.2) is 19.1 Å². The zero-order chi connectivity index (χ0) is 14.4. The second kappa shape index (κ2) is 7.34. The summed E-state index contributed by atoms with van der Waals surface area (Å²) in [7, 11) is 1.58. The minimum atomic E-state index is -0.0381. The van der Waals surface area contributed by atoms with E-state index in [1.807, 2.05) is 6.07 Å². The van der Waals surface area contributed by atoms with Gasteiger partial charge in [0.2, 0.25) is 5.91 Å². The summed E-state index contributed by atoms with van der Waals surface area (Å²) in [5.41, 5.74) is 0.884. The van der Waals surface area contributed by atoms with E-state index < -0.39 is 0 Å². The molecular formula is C16H20ClNO2. The van der Waals surface area contributed by atoms with Crippen molar-refractivity contribution in [2.24, 2.45) is 0 Å². The monoisotopic (exact) mass is 293 g/mol. The van der Waals surface area contributed by atoms with Crippen molar-refractivity contribution in [3.63, 3.8) is 0 Å². The van der Waals surface area contributed by atoms with Crippen molar-refractivity contribution in [1.82, 2.24) is 5.32 Å². The van der Waals surface area contributed by atoms with Crippen molar-refractivity contribution in [3.05, 3.63) is 34.9 Å². The molecule has 0 aliphatic heterocycles. The number of rotatable bonds is 4. The van der Waals surface area contributed by atoms with Gasteiger partial charge in [-0.25, -0.2) is 0 Å². The standard InChI is InChI=1S/C16H20ClNO2/c1-20-15-9-7-12(11-14(15)17)8-10-16(19)18-13-5-3-2-4-6-13/h7-11,13H,2-6H2,1H3,(H,18,19)/b10-8+. The number of hydrogen-bond donors (Lipinski definition) is 1. The number of carbonyl (C=O) groups is 1. The highest BCUT2D eigenvalue weighted by Crippen LogP contribution is 2.25. The van der Waals surface area contributed by atoms with Crippen LogP contribution in [0.3, 0.4) is 0 Å². The second-order valence-corrected chi connectivity index (χ2v) is 5.48. The molecule has 1 saturated carbocycles. The van der Waals surface area contributed by atoms with Gasteiger partial charge in [-0.15, -0.1) is 0 Å². The van der Waals surface area contributed by atoms with Crippen molar-refractivity contribution >= 4 is 23.6 Å². The molecule has 0 heterocycles. The Labute approximate surface area is 125 Å². The molecule has 20 heavy (non-hydrogen) atoms. The SMILES string of the molecule is COc1ccc(/C=C/C(=O)NC2CCCCC2)cc1Cl. The smallest absolute Gasteiger partial charge is 0.244 e. The van der Waals surface area contributed by atoms with Crippen LogP contribution in [-0.2, 0) is 4.79 Å². The molecule has 0 aromatic heterocycles. The van der Waals surface area contributed by atoms with Crippen LogP contribution in [0.5, 0.6) is 5.75 Å².